The van der Waals surface area contributed by atoms with Gasteiger partial charge in [0.25, 0.3) is 0 Å². The number of esters is 2. The fourth-order valence-electron chi connectivity index (χ4n) is 6.24. The molecule has 11 nitrogen and oxygen atoms in total. The second-order valence-electron chi connectivity index (χ2n) is 15.2. The van der Waals surface area contributed by atoms with Gasteiger partial charge in [0, 0.05) is 12.8 Å². The van der Waals surface area contributed by atoms with E-state index in [0.29, 0.717) is 12.8 Å². The maximum Gasteiger partial charge on any atom is 0.472 e. The van der Waals surface area contributed by atoms with Crippen molar-refractivity contribution in [2.45, 2.75) is 225 Å². The molecule has 1 unspecified atom stereocenters. The first-order valence-electron chi connectivity index (χ1n) is 22.2. The number of phosphoric acid groups is 1. The Bertz CT molecular complexity index is 995. The number of allylic oxidation sites excluding steroid dienone is 2. The zero-order valence-corrected chi connectivity index (χ0v) is 35.9. The molecule has 0 radical (unpaired) electrons. The van der Waals surface area contributed by atoms with Crippen LogP contribution >= 0.6 is 7.82 Å². The van der Waals surface area contributed by atoms with Gasteiger partial charge >= 0.3 is 25.7 Å². The topological polar surface area (TPSA) is 172 Å². The standard InChI is InChI=1S/C43H82NO10P/c1-3-5-7-9-11-13-15-17-19-21-23-25-27-29-31-33-35-42(46)54-39(37-52-55(49,50)53-38-40(44)43(47)48)36-51-41(45)34-32-30-28-26-24-22-20-18-16-14-12-10-8-6-4-2/h15,17,39-40H,3-14,16,18-38,44H2,1-2H3,(H,47,48)(H,49,50)/b17-15-/t39-,40+/m1/s1. The fraction of sp³-hybridized carbons (Fsp3) is 0.884. The van der Waals surface area contributed by atoms with Crippen molar-refractivity contribution in [3.63, 3.8) is 0 Å². The number of carboxylic acids is 1. The number of carbonyl (C=O) groups is 3. The van der Waals surface area contributed by atoms with Gasteiger partial charge in [-0.1, -0.05) is 174 Å². The summed E-state index contributed by atoms with van der Waals surface area (Å²) < 4.78 is 32.7. The van der Waals surface area contributed by atoms with Gasteiger partial charge in [-0.3, -0.25) is 23.4 Å². The minimum Gasteiger partial charge on any atom is -0.480 e. The summed E-state index contributed by atoms with van der Waals surface area (Å²) in [4.78, 5) is 45.9. The number of aliphatic carboxylic acids is 1. The van der Waals surface area contributed by atoms with Crippen LogP contribution in [0.25, 0.3) is 0 Å². The summed E-state index contributed by atoms with van der Waals surface area (Å²) >= 11 is 0. The van der Waals surface area contributed by atoms with Crippen molar-refractivity contribution in [1.29, 1.82) is 0 Å². The molecule has 55 heavy (non-hydrogen) atoms. The Morgan fingerprint density at radius 2 is 0.909 bits per heavy atom. The molecule has 4 N–H and O–H groups in total. The summed E-state index contributed by atoms with van der Waals surface area (Å²) in [5.41, 5.74) is 5.33. The van der Waals surface area contributed by atoms with Crippen molar-refractivity contribution in [3.05, 3.63) is 12.2 Å². The second kappa shape index (κ2) is 39.1. The van der Waals surface area contributed by atoms with Crippen LogP contribution in [0.1, 0.15) is 213 Å². The first-order chi connectivity index (χ1) is 26.6. The lowest BCUT2D eigenvalue weighted by molar-refractivity contribution is -0.161. The minimum absolute atomic E-state index is 0.160. The zero-order valence-electron chi connectivity index (χ0n) is 35.0. The summed E-state index contributed by atoms with van der Waals surface area (Å²) in [5.74, 6) is -2.37. The molecule has 0 aliphatic carbocycles. The van der Waals surface area contributed by atoms with E-state index >= 15 is 0 Å². The SMILES string of the molecule is CCCCCCC/C=C\CCCCCCCCCC(=O)O[C@H](COC(=O)CCCCCCCCCCCCCCCCC)COP(=O)(O)OC[C@H](N)C(=O)O. The van der Waals surface area contributed by atoms with Gasteiger partial charge < -0.3 is 25.2 Å². The average Bonchev–Trinajstić information content (AvgIpc) is 3.16. The molecular formula is C43H82NO10P. The van der Waals surface area contributed by atoms with E-state index in [1.807, 2.05) is 0 Å². The lowest BCUT2D eigenvalue weighted by atomic mass is 10.0. The minimum atomic E-state index is -4.71. The first kappa shape index (κ1) is 53.2. The molecule has 0 aliphatic heterocycles. The fourth-order valence-corrected chi connectivity index (χ4v) is 7.02. The van der Waals surface area contributed by atoms with Gasteiger partial charge in [-0.25, -0.2) is 4.57 Å². The number of nitrogens with two attached hydrogens (primary N) is 1. The van der Waals surface area contributed by atoms with Gasteiger partial charge in [0.2, 0.25) is 0 Å². The van der Waals surface area contributed by atoms with Crippen molar-refractivity contribution in [3.8, 4) is 0 Å². The van der Waals surface area contributed by atoms with Crippen molar-refractivity contribution >= 4 is 25.7 Å². The van der Waals surface area contributed by atoms with E-state index in [9.17, 15) is 23.8 Å². The number of hydrogen-bond acceptors (Lipinski definition) is 9. The number of phosphoric ester groups is 1. The van der Waals surface area contributed by atoms with E-state index in [1.165, 1.54) is 128 Å². The van der Waals surface area contributed by atoms with E-state index in [4.69, 9.17) is 24.8 Å². The van der Waals surface area contributed by atoms with Crippen molar-refractivity contribution in [2.75, 3.05) is 19.8 Å². The summed E-state index contributed by atoms with van der Waals surface area (Å²) in [5, 5.41) is 8.89. The van der Waals surface area contributed by atoms with E-state index < -0.39 is 51.1 Å². The van der Waals surface area contributed by atoms with Crippen LogP contribution in [-0.4, -0.2) is 59.9 Å². The van der Waals surface area contributed by atoms with E-state index in [0.717, 1.165) is 44.9 Å². The molecule has 0 aliphatic rings. The van der Waals surface area contributed by atoms with E-state index in [-0.39, 0.29) is 19.4 Å². The Balaban J connectivity index is 4.33. The average molecular weight is 804 g/mol. The van der Waals surface area contributed by atoms with Gasteiger partial charge in [-0.2, -0.15) is 0 Å². The molecule has 0 spiro atoms. The summed E-state index contributed by atoms with van der Waals surface area (Å²) in [6.45, 7) is 2.81. The molecule has 0 bridgehead atoms. The molecule has 324 valence electrons. The van der Waals surface area contributed by atoms with Crippen LogP contribution in [-0.2, 0) is 37.5 Å². The Kier molecular flexibility index (Phi) is 37.8. The quantitative estimate of drug-likeness (QED) is 0.0232. The second-order valence-corrected chi connectivity index (χ2v) is 16.6. The Labute approximate surface area is 335 Å². The van der Waals surface area contributed by atoms with Crippen LogP contribution in [0.5, 0.6) is 0 Å². The van der Waals surface area contributed by atoms with Gasteiger partial charge in [0.05, 0.1) is 13.2 Å². The van der Waals surface area contributed by atoms with Gasteiger partial charge in [0.1, 0.15) is 12.6 Å². The highest BCUT2D eigenvalue weighted by Crippen LogP contribution is 2.43. The largest absolute Gasteiger partial charge is 0.480 e. The molecule has 0 aromatic carbocycles. The monoisotopic (exact) mass is 804 g/mol. The number of carbonyl (C=O) groups excluding carboxylic acids is 2. The summed E-state index contributed by atoms with van der Waals surface area (Å²) in [6, 6.07) is -1.52. The van der Waals surface area contributed by atoms with Gasteiger partial charge in [0.15, 0.2) is 6.10 Å². The number of ether oxygens (including phenoxy) is 2. The van der Waals surface area contributed by atoms with Crippen molar-refractivity contribution in [1.82, 2.24) is 0 Å². The molecule has 0 saturated carbocycles. The molecule has 0 rings (SSSR count). The molecule has 0 amide bonds. The van der Waals surface area contributed by atoms with Crippen LogP contribution < -0.4 is 5.73 Å². The highest BCUT2D eigenvalue weighted by Gasteiger charge is 2.28. The number of carboxylic acid groups (broad SMARTS) is 1. The molecule has 0 aromatic rings. The Morgan fingerprint density at radius 1 is 0.545 bits per heavy atom. The molecular weight excluding hydrogens is 721 g/mol. The Morgan fingerprint density at radius 3 is 1.33 bits per heavy atom. The maximum absolute atomic E-state index is 12.6. The van der Waals surface area contributed by atoms with Crippen LogP contribution in [0.2, 0.25) is 0 Å². The first-order valence-corrected chi connectivity index (χ1v) is 23.7. The zero-order chi connectivity index (χ0) is 40.7. The third-order valence-electron chi connectivity index (χ3n) is 9.76. The molecule has 3 atom stereocenters. The number of unbranched alkanes of at least 4 members (excludes halogenated alkanes) is 26. The highest BCUT2D eigenvalue weighted by molar-refractivity contribution is 7.47. The smallest absolute Gasteiger partial charge is 0.472 e. The summed E-state index contributed by atoms with van der Waals surface area (Å²) in [6.07, 6.45) is 38.4. The highest BCUT2D eigenvalue weighted by atomic mass is 31.2. The van der Waals surface area contributed by atoms with E-state index in [1.54, 1.807) is 0 Å². The summed E-state index contributed by atoms with van der Waals surface area (Å²) in [7, 11) is -4.71. The van der Waals surface area contributed by atoms with E-state index in [2.05, 4.69) is 30.5 Å². The van der Waals surface area contributed by atoms with Crippen LogP contribution in [0.15, 0.2) is 12.2 Å². The van der Waals surface area contributed by atoms with Gasteiger partial charge in [-0.15, -0.1) is 0 Å². The molecule has 12 heteroatoms. The molecule has 0 aromatic heterocycles. The van der Waals surface area contributed by atoms with Gasteiger partial charge in [-0.05, 0) is 38.5 Å². The maximum atomic E-state index is 12.6. The molecule has 0 heterocycles. The normalized spacial score (nSPS) is 13.8. The predicted octanol–water partition coefficient (Wildman–Crippen LogP) is 11.7. The number of hydrogen-bond donors (Lipinski definition) is 3. The molecule has 0 fully saturated rings. The van der Waals surface area contributed by atoms with Crippen molar-refractivity contribution in [2.24, 2.45) is 5.73 Å². The lowest BCUT2D eigenvalue weighted by Gasteiger charge is -2.20. The van der Waals surface area contributed by atoms with Crippen LogP contribution in [0.4, 0.5) is 0 Å². The van der Waals surface area contributed by atoms with Crippen molar-refractivity contribution < 1.29 is 47.5 Å². The van der Waals surface area contributed by atoms with Crippen LogP contribution in [0, 0.1) is 0 Å². The third kappa shape index (κ3) is 38.9. The Hall–Kier alpha value is -1.78. The lowest BCUT2D eigenvalue weighted by Crippen LogP contribution is -2.34. The van der Waals surface area contributed by atoms with Crippen LogP contribution in [0.3, 0.4) is 0 Å². The third-order valence-corrected chi connectivity index (χ3v) is 10.7. The number of rotatable bonds is 42. The predicted molar refractivity (Wildman–Crippen MR) is 222 cm³/mol. The molecule has 0 saturated heterocycles.